The monoisotopic (exact) mass is 287 g/mol. The fraction of sp³-hybridized carbons (Fsp3) is 0. The largest absolute Gasteiger partial charge is 0.455 e. The van der Waals surface area contributed by atoms with Crippen molar-refractivity contribution < 1.29 is 4.74 Å². The number of hydrogen-bond acceptors (Lipinski definition) is 1. The molecule has 0 atom stereocenters. The van der Waals surface area contributed by atoms with E-state index in [1.807, 2.05) is 54.7 Å². The summed E-state index contributed by atoms with van der Waals surface area (Å²) in [6.45, 7) is 0. The molecular formula is C14H10BrNO. The van der Waals surface area contributed by atoms with Crippen LogP contribution < -0.4 is 4.74 Å². The Bertz CT molecular complexity index is 643. The first-order chi connectivity index (χ1) is 8.33. The van der Waals surface area contributed by atoms with Gasteiger partial charge in [-0.3, -0.25) is 0 Å². The molecule has 1 aromatic heterocycles. The second-order valence-electron chi connectivity index (χ2n) is 3.75. The van der Waals surface area contributed by atoms with Crippen LogP contribution in [0.2, 0.25) is 0 Å². The molecule has 2 aromatic carbocycles. The summed E-state index contributed by atoms with van der Waals surface area (Å²) < 4.78 is 6.88. The van der Waals surface area contributed by atoms with Crippen LogP contribution in [0.15, 0.2) is 59.2 Å². The second-order valence-corrected chi connectivity index (χ2v) is 4.67. The van der Waals surface area contributed by atoms with Crippen LogP contribution in [-0.4, -0.2) is 4.98 Å². The van der Waals surface area contributed by atoms with E-state index in [1.54, 1.807) is 0 Å². The van der Waals surface area contributed by atoms with Crippen molar-refractivity contribution >= 4 is 26.8 Å². The molecule has 0 amide bonds. The van der Waals surface area contributed by atoms with Crippen LogP contribution in [0.4, 0.5) is 0 Å². The standard InChI is InChI=1S/C14H10BrNO/c15-10-5-7-11(8-6-10)17-14-9-16-13-4-2-1-3-12(13)14/h1-9,16H. The number of hydrogen-bond donors (Lipinski definition) is 1. The normalized spacial score (nSPS) is 10.6. The van der Waals surface area contributed by atoms with E-state index in [2.05, 4.69) is 20.9 Å². The van der Waals surface area contributed by atoms with E-state index in [4.69, 9.17) is 4.74 Å². The highest BCUT2D eigenvalue weighted by Crippen LogP contribution is 2.30. The molecule has 0 aliphatic heterocycles. The minimum atomic E-state index is 0.831. The molecule has 0 saturated heterocycles. The lowest BCUT2D eigenvalue weighted by atomic mass is 10.2. The summed E-state index contributed by atoms with van der Waals surface area (Å²) in [5.41, 5.74) is 1.08. The Hall–Kier alpha value is -1.74. The average Bonchev–Trinajstić information content (AvgIpc) is 2.76. The molecule has 0 aliphatic carbocycles. The van der Waals surface area contributed by atoms with Crippen molar-refractivity contribution in [2.24, 2.45) is 0 Å². The van der Waals surface area contributed by atoms with Crippen LogP contribution >= 0.6 is 15.9 Å². The van der Waals surface area contributed by atoms with Gasteiger partial charge in [0.25, 0.3) is 0 Å². The SMILES string of the molecule is Brc1ccc(Oc2c[nH]c3ccccc23)cc1. The summed E-state index contributed by atoms with van der Waals surface area (Å²) in [7, 11) is 0. The molecule has 0 saturated carbocycles. The van der Waals surface area contributed by atoms with E-state index in [-0.39, 0.29) is 0 Å². The van der Waals surface area contributed by atoms with Crippen molar-refractivity contribution in [3.63, 3.8) is 0 Å². The maximum atomic E-state index is 5.83. The Kier molecular flexibility index (Phi) is 2.61. The zero-order chi connectivity index (χ0) is 11.7. The van der Waals surface area contributed by atoms with Crippen LogP contribution in [-0.2, 0) is 0 Å². The fourth-order valence-electron chi connectivity index (χ4n) is 1.76. The minimum absolute atomic E-state index is 0.831. The first-order valence-electron chi connectivity index (χ1n) is 5.32. The molecule has 1 heterocycles. The smallest absolute Gasteiger partial charge is 0.152 e. The van der Waals surface area contributed by atoms with Crippen molar-refractivity contribution in [1.29, 1.82) is 0 Å². The number of rotatable bonds is 2. The van der Waals surface area contributed by atoms with Crippen LogP contribution in [0.1, 0.15) is 0 Å². The molecule has 0 aliphatic rings. The van der Waals surface area contributed by atoms with E-state index >= 15 is 0 Å². The predicted molar refractivity (Wildman–Crippen MR) is 72.5 cm³/mol. The lowest BCUT2D eigenvalue weighted by molar-refractivity contribution is 0.488. The molecule has 1 N–H and O–H groups in total. The Morgan fingerprint density at radius 3 is 2.53 bits per heavy atom. The molecule has 0 unspecified atom stereocenters. The molecule has 0 spiro atoms. The van der Waals surface area contributed by atoms with Gasteiger partial charge in [0.05, 0.1) is 0 Å². The van der Waals surface area contributed by atoms with Gasteiger partial charge < -0.3 is 9.72 Å². The lowest BCUT2D eigenvalue weighted by Crippen LogP contribution is -1.81. The van der Waals surface area contributed by atoms with Crippen LogP contribution in [0.5, 0.6) is 11.5 Å². The maximum Gasteiger partial charge on any atom is 0.152 e. The quantitative estimate of drug-likeness (QED) is 0.725. The molecule has 3 aromatic rings. The Balaban J connectivity index is 1.97. The Labute approximate surface area is 107 Å². The topological polar surface area (TPSA) is 25.0 Å². The number of ether oxygens (including phenoxy) is 1. The molecule has 17 heavy (non-hydrogen) atoms. The molecule has 3 rings (SSSR count). The highest BCUT2D eigenvalue weighted by atomic mass is 79.9. The van der Waals surface area contributed by atoms with Crippen LogP contribution in [0, 0.1) is 0 Å². The number of aromatic nitrogens is 1. The average molecular weight is 288 g/mol. The van der Waals surface area contributed by atoms with E-state index < -0.39 is 0 Å². The van der Waals surface area contributed by atoms with Gasteiger partial charge in [-0.15, -0.1) is 0 Å². The third-order valence-electron chi connectivity index (χ3n) is 2.59. The fourth-order valence-corrected chi connectivity index (χ4v) is 2.02. The van der Waals surface area contributed by atoms with Gasteiger partial charge in [-0.1, -0.05) is 28.1 Å². The van der Waals surface area contributed by atoms with E-state index in [0.29, 0.717) is 0 Å². The van der Waals surface area contributed by atoms with Crippen LogP contribution in [0.3, 0.4) is 0 Å². The van der Waals surface area contributed by atoms with Gasteiger partial charge in [0.15, 0.2) is 5.75 Å². The van der Waals surface area contributed by atoms with E-state index in [1.165, 1.54) is 0 Å². The van der Waals surface area contributed by atoms with Crippen molar-refractivity contribution in [3.05, 3.63) is 59.2 Å². The maximum absolute atomic E-state index is 5.83. The molecule has 0 fully saturated rings. The van der Waals surface area contributed by atoms with Gasteiger partial charge in [0.2, 0.25) is 0 Å². The predicted octanol–water partition coefficient (Wildman–Crippen LogP) is 4.72. The molecule has 0 bridgehead atoms. The minimum Gasteiger partial charge on any atom is -0.455 e. The summed E-state index contributed by atoms with van der Waals surface area (Å²) in [4.78, 5) is 3.19. The molecule has 0 radical (unpaired) electrons. The lowest BCUT2D eigenvalue weighted by Gasteiger charge is -2.03. The Morgan fingerprint density at radius 1 is 0.941 bits per heavy atom. The zero-order valence-corrected chi connectivity index (χ0v) is 10.6. The third-order valence-corrected chi connectivity index (χ3v) is 3.12. The number of halogens is 1. The summed E-state index contributed by atoms with van der Waals surface area (Å²) in [5, 5.41) is 1.09. The van der Waals surface area contributed by atoms with E-state index in [0.717, 1.165) is 26.9 Å². The number of para-hydroxylation sites is 1. The number of fused-ring (bicyclic) bond motifs is 1. The van der Waals surface area contributed by atoms with Gasteiger partial charge in [-0.05, 0) is 36.4 Å². The summed E-state index contributed by atoms with van der Waals surface area (Å²) in [6, 6.07) is 15.9. The number of H-pyrrole nitrogens is 1. The van der Waals surface area contributed by atoms with Gasteiger partial charge in [0, 0.05) is 21.6 Å². The highest BCUT2D eigenvalue weighted by Gasteiger charge is 2.04. The molecular weight excluding hydrogens is 278 g/mol. The van der Waals surface area contributed by atoms with Gasteiger partial charge in [0.1, 0.15) is 5.75 Å². The second kappa shape index (κ2) is 4.26. The van der Waals surface area contributed by atoms with Gasteiger partial charge in [-0.25, -0.2) is 0 Å². The zero-order valence-electron chi connectivity index (χ0n) is 8.98. The summed E-state index contributed by atoms with van der Waals surface area (Å²) >= 11 is 3.40. The number of benzene rings is 2. The van der Waals surface area contributed by atoms with Gasteiger partial charge in [-0.2, -0.15) is 0 Å². The van der Waals surface area contributed by atoms with Crippen molar-refractivity contribution in [2.75, 3.05) is 0 Å². The third kappa shape index (κ3) is 2.06. The molecule has 84 valence electrons. The first kappa shape index (κ1) is 10.4. The van der Waals surface area contributed by atoms with Gasteiger partial charge >= 0.3 is 0 Å². The van der Waals surface area contributed by atoms with Crippen LogP contribution in [0.25, 0.3) is 10.9 Å². The Morgan fingerprint density at radius 2 is 1.71 bits per heavy atom. The number of nitrogens with one attached hydrogen (secondary N) is 1. The highest BCUT2D eigenvalue weighted by molar-refractivity contribution is 9.10. The molecule has 3 heteroatoms. The summed E-state index contributed by atoms with van der Waals surface area (Å²) in [6.07, 6.45) is 1.88. The summed E-state index contributed by atoms with van der Waals surface area (Å²) in [5.74, 6) is 1.68. The van der Waals surface area contributed by atoms with Crippen molar-refractivity contribution in [3.8, 4) is 11.5 Å². The van der Waals surface area contributed by atoms with E-state index in [9.17, 15) is 0 Å². The molecule has 2 nitrogen and oxygen atoms in total. The number of aromatic amines is 1. The van der Waals surface area contributed by atoms with Crippen molar-refractivity contribution in [2.45, 2.75) is 0 Å². The first-order valence-corrected chi connectivity index (χ1v) is 6.12. The van der Waals surface area contributed by atoms with Crippen molar-refractivity contribution in [1.82, 2.24) is 4.98 Å².